The van der Waals surface area contributed by atoms with Crippen LogP contribution < -0.4 is 10.1 Å². The van der Waals surface area contributed by atoms with E-state index in [0.717, 1.165) is 25.9 Å². The Labute approximate surface area is 256 Å². The average Bonchev–Trinajstić information content (AvgIpc) is 3.56. The fraction of sp³-hybridized carbons (Fsp3) is 0.500. The van der Waals surface area contributed by atoms with Crippen molar-refractivity contribution in [2.45, 2.75) is 64.1 Å². The molecule has 1 spiro atoms. The Morgan fingerprint density at radius 1 is 1.16 bits per heavy atom. The highest BCUT2D eigenvalue weighted by molar-refractivity contribution is 6.32. The number of alkyl halides is 3. The van der Waals surface area contributed by atoms with Crippen molar-refractivity contribution in [3.8, 4) is 16.9 Å². The molecule has 4 heterocycles. The first kappa shape index (κ1) is 30.2. The minimum absolute atomic E-state index is 0.00522. The van der Waals surface area contributed by atoms with Crippen molar-refractivity contribution in [1.82, 2.24) is 44.9 Å². The van der Waals surface area contributed by atoms with Gasteiger partial charge < -0.3 is 15.2 Å². The van der Waals surface area contributed by atoms with Crippen LogP contribution in [-0.4, -0.2) is 81.3 Å². The first-order valence-corrected chi connectivity index (χ1v) is 14.5. The monoisotopic (exact) mass is 632 g/mol. The first-order chi connectivity index (χ1) is 20.8. The van der Waals surface area contributed by atoms with Crippen molar-refractivity contribution in [2.75, 3.05) is 25.0 Å². The summed E-state index contributed by atoms with van der Waals surface area (Å²) in [6, 6.07) is 5.07. The zero-order valence-electron chi connectivity index (χ0n) is 24.3. The second-order valence-corrected chi connectivity index (χ2v) is 12.8. The molecule has 4 aromatic rings. The van der Waals surface area contributed by atoms with Crippen LogP contribution >= 0.6 is 11.6 Å². The van der Waals surface area contributed by atoms with Gasteiger partial charge in [-0.25, -0.2) is 14.6 Å². The molecule has 6 rings (SSSR count). The van der Waals surface area contributed by atoms with Crippen LogP contribution in [0.15, 0.2) is 43.1 Å². The highest BCUT2D eigenvalue weighted by Gasteiger charge is 2.54. The van der Waals surface area contributed by atoms with Crippen LogP contribution in [-0.2, 0) is 12.7 Å². The summed E-state index contributed by atoms with van der Waals surface area (Å²) >= 11 is 6.35. The number of halogens is 4. The minimum Gasteiger partial charge on any atom is -0.487 e. The van der Waals surface area contributed by atoms with Gasteiger partial charge in [-0.15, -0.1) is 5.10 Å². The number of likely N-dealkylation sites (tertiary alicyclic amines) is 1. The molecule has 2 aliphatic rings. The minimum atomic E-state index is -4.66. The van der Waals surface area contributed by atoms with Gasteiger partial charge in [0.15, 0.2) is 5.69 Å². The average molecular weight is 633 g/mol. The highest BCUT2D eigenvalue weighted by Crippen LogP contribution is 2.54. The molecule has 3 aromatic heterocycles. The lowest BCUT2D eigenvalue weighted by Crippen LogP contribution is -2.64. The largest absolute Gasteiger partial charge is 0.487 e. The summed E-state index contributed by atoms with van der Waals surface area (Å²) in [5, 5.41) is 28.1. The normalized spacial score (nSPS) is 17.7. The van der Waals surface area contributed by atoms with Crippen LogP contribution in [0.3, 0.4) is 0 Å². The second-order valence-electron chi connectivity index (χ2n) is 12.4. The van der Waals surface area contributed by atoms with Gasteiger partial charge in [0, 0.05) is 43.8 Å². The SMILES string of the molecule is C[C@@H](Cn1cnnn1)Oc1cc(-c2cnc(Nc3cn(C4CC5(C4)CN(CC(C)(C)O)C5)nc3C(F)(F)F)nc2)ccc1Cl. The molecule has 1 aliphatic carbocycles. The number of hydrogen-bond acceptors (Lipinski definition) is 10. The summed E-state index contributed by atoms with van der Waals surface area (Å²) in [5.41, 5.74) is -0.591. The quantitative estimate of drug-likeness (QED) is 0.255. The number of rotatable bonds is 10. The number of tetrazole rings is 1. The molecule has 0 unspecified atom stereocenters. The van der Waals surface area contributed by atoms with Crippen LogP contribution in [0.4, 0.5) is 24.8 Å². The Kier molecular flexibility index (Phi) is 7.74. The maximum Gasteiger partial charge on any atom is 0.437 e. The third-order valence-corrected chi connectivity index (χ3v) is 8.08. The number of ether oxygens (including phenoxy) is 1. The van der Waals surface area contributed by atoms with Crippen molar-refractivity contribution in [2.24, 2.45) is 5.41 Å². The fourth-order valence-electron chi connectivity index (χ4n) is 6.04. The Morgan fingerprint density at radius 3 is 2.52 bits per heavy atom. The molecule has 0 amide bonds. The van der Waals surface area contributed by atoms with Crippen molar-refractivity contribution in [3.05, 3.63) is 53.8 Å². The van der Waals surface area contributed by atoms with Crippen molar-refractivity contribution >= 4 is 23.2 Å². The van der Waals surface area contributed by atoms with Crippen LogP contribution in [0.5, 0.6) is 5.75 Å². The topological polar surface area (TPSA) is 132 Å². The second kappa shape index (κ2) is 11.3. The molecule has 0 bridgehead atoms. The van der Waals surface area contributed by atoms with Crippen molar-refractivity contribution < 1.29 is 23.0 Å². The van der Waals surface area contributed by atoms with E-state index in [1.807, 2.05) is 6.92 Å². The smallest absolute Gasteiger partial charge is 0.437 e. The Bertz CT molecular complexity index is 1590. The van der Waals surface area contributed by atoms with E-state index in [2.05, 4.69) is 40.8 Å². The summed E-state index contributed by atoms with van der Waals surface area (Å²) in [6.45, 7) is 8.03. The number of nitrogens with zero attached hydrogens (tertiary/aromatic N) is 9. The molecule has 44 heavy (non-hydrogen) atoms. The number of anilines is 2. The molecule has 1 aliphatic heterocycles. The van der Waals surface area contributed by atoms with E-state index in [1.165, 1.54) is 29.6 Å². The van der Waals surface area contributed by atoms with Crippen molar-refractivity contribution in [3.63, 3.8) is 0 Å². The third-order valence-electron chi connectivity index (χ3n) is 7.77. The molecular weight excluding hydrogens is 601 g/mol. The number of nitrogens with one attached hydrogen (secondary N) is 1. The number of aliphatic hydroxyl groups is 1. The molecule has 0 radical (unpaired) electrons. The van der Waals surface area contributed by atoms with Crippen LogP contribution in [0.2, 0.25) is 5.02 Å². The first-order valence-electron chi connectivity index (χ1n) is 14.1. The van der Waals surface area contributed by atoms with E-state index in [9.17, 15) is 18.3 Å². The molecule has 1 aromatic carbocycles. The summed E-state index contributed by atoms with van der Waals surface area (Å²) in [7, 11) is 0. The maximum atomic E-state index is 13.9. The van der Waals surface area contributed by atoms with E-state index in [-0.39, 0.29) is 29.2 Å². The molecule has 2 fully saturated rings. The van der Waals surface area contributed by atoms with Gasteiger partial charge >= 0.3 is 6.18 Å². The van der Waals surface area contributed by atoms with E-state index in [4.69, 9.17) is 16.3 Å². The van der Waals surface area contributed by atoms with Gasteiger partial charge in [0.2, 0.25) is 5.95 Å². The zero-order valence-corrected chi connectivity index (χ0v) is 25.1. The van der Waals surface area contributed by atoms with Gasteiger partial charge in [-0.05, 0) is 67.2 Å². The molecule has 12 nitrogen and oxygen atoms in total. The molecular formula is C28H32ClF3N10O2. The Morgan fingerprint density at radius 2 is 1.89 bits per heavy atom. The predicted octanol–water partition coefficient (Wildman–Crippen LogP) is 4.62. The van der Waals surface area contributed by atoms with E-state index >= 15 is 0 Å². The van der Waals surface area contributed by atoms with E-state index in [0.29, 0.717) is 35.0 Å². The van der Waals surface area contributed by atoms with Gasteiger partial charge in [-0.1, -0.05) is 17.7 Å². The molecule has 2 N–H and O–H groups in total. The van der Waals surface area contributed by atoms with Gasteiger partial charge in [0.05, 0.1) is 28.9 Å². The van der Waals surface area contributed by atoms with E-state index < -0.39 is 17.5 Å². The Balaban J connectivity index is 1.11. The zero-order chi connectivity index (χ0) is 31.3. The molecule has 234 valence electrons. The number of β-amino-alcohol motifs (C(OH)–C–C–N with tert-alkyl or cyclic N) is 1. The lowest BCUT2D eigenvalue weighted by Gasteiger charge is -2.59. The summed E-state index contributed by atoms with van der Waals surface area (Å²) < 4.78 is 50.7. The van der Waals surface area contributed by atoms with Crippen LogP contribution in [0, 0.1) is 5.41 Å². The number of benzene rings is 1. The lowest BCUT2D eigenvalue weighted by molar-refractivity contribution is -0.142. The summed E-state index contributed by atoms with van der Waals surface area (Å²) in [6.07, 6.45) is 2.42. The molecule has 1 atom stereocenters. The van der Waals surface area contributed by atoms with Crippen LogP contribution in [0.1, 0.15) is 45.3 Å². The van der Waals surface area contributed by atoms with Gasteiger partial charge in [-0.2, -0.15) is 18.3 Å². The van der Waals surface area contributed by atoms with Crippen molar-refractivity contribution in [1.29, 1.82) is 0 Å². The Hall–Kier alpha value is -3.82. The standard InChI is InChI=1S/C28H32ClF3N10O2/c1-17(11-41-16-35-38-39-41)44-23-6-18(4-5-21(23)29)19-9-33-25(34-10-19)36-22-12-42(37-24(22)28(30,31)32)20-7-27(8-20)14-40(15-27)13-26(2,3)43/h4-6,9-10,12,16-17,20,43H,7-8,11,13-15H2,1-3H3,(H,33,34,36)/t17-/m0/s1. The number of hydrogen-bond donors (Lipinski definition) is 2. The third kappa shape index (κ3) is 6.64. The molecule has 1 saturated carbocycles. The lowest BCUT2D eigenvalue weighted by atomic mass is 9.60. The maximum absolute atomic E-state index is 13.9. The van der Waals surface area contributed by atoms with E-state index in [1.54, 1.807) is 36.7 Å². The van der Waals surface area contributed by atoms with Gasteiger partial charge in [0.25, 0.3) is 0 Å². The summed E-state index contributed by atoms with van der Waals surface area (Å²) in [4.78, 5) is 10.7. The van der Waals surface area contributed by atoms with Gasteiger partial charge in [0.1, 0.15) is 18.2 Å². The van der Waals surface area contributed by atoms with Crippen LogP contribution in [0.25, 0.3) is 11.1 Å². The summed E-state index contributed by atoms with van der Waals surface area (Å²) in [5.74, 6) is 0.449. The van der Waals surface area contributed by atoms with Gasteiger partial charge in [-0.3, -0.25) is 9.58 Å². The molecule has 16 heteroatoms. The predicted molar refractivity (Wildman–Crippen MR) is 154 cm³/mol. The molecule has 1 saturated heterocycles. The number of aromatic nitrogens is 8. The fourth-order valence-corrected chi connectivity index (χ4v) is 6.20. The highest BCUT2D eigenvalue weighted by atomic mass is 35.5.